The van der Waals surface area contributed by atoms with E-state index in [1.54, 1.807) is 11.8 Å². The summed E-state index contributed by atoms with van der Waals surface area (Å²) in [4.78, 5) is 22.3. The highest BCUT2D eigenvalue weighted by Crippen LogP contribution is 2.39. The third-order valence-corrected chi connectivity index (χ3v) is 4.95. The molecule has 0 aromatic rings. The number of hydrogen-bond acceptors (Lipinski definition) is 4. The smallest absolute Gasteiger partial charge is 0.334 e. The molecule has 0 aromatic carbocycles. The molecule has 0 bridgehead atoms. The van der Waals surface area contributed by atoms with Crippen molar-refractivity contribution in [3.8, 4) is 0 Å². The number of carbonyl (C=O) groups excluding carboxylic acids is 1. The molecule has 0 aromatic heterocycles. The van der Waals surface area contributed by atoms with E-state index in [-0.39, 0.29) is 17.3 Å². The molecule has 2 amide bonds. The topological polar surface area (TPSA) is 87.7 Å². The molecule has 1 aliphatic carbocycles. The van der Waals surface area contributed by atoms with Gasteiger partial charge in [-0.25, -0.2) is 9.59 Å². The Hall–Kier alpha value is -0.950. The average Bonchev–Trinajstić information content (AvgIpc) is 2.86. The van der Waals surface area contributed by atoms with Crippen LogP contribution < -0.4 is 10.6 Å². The second-order valence-corrected chi connectivity index (χ2v) is 5.99. The van der Waals surface area contributed by atoms with E-state index >= 15 is 0 Å². The van der Waals surface area contributed by atoms with E-state index in [0.717, 1.165) is 12.8 Å². The quantitative estimate of drug-likeness (QED) is 0.652. The predicted molar refractivity (Wildman–Crippen MR) is 74.5 cm³/mol. The summed E-state index contributed by atoms with van der Waals surface area (Å²) in [5, 5.41) is 14.1. The number of methoxy groups -OCH3 is 1. The number of thioether (sulfide) groups is 1. The minimum absolute atomic E-state index is 0.0378. The summed E-state index contributed by atoms with van der Waals surface area (Å²) in [6.45, 7) is 0.578. The van der Waals surface area contributed by atoms with E-state index < -0.39 is 12.1 Å². The van der Waals surface area contributed by atoms with Crippen LogP contribution in [0, 0.1) is 0 Å². The normalized spacial score (nSPS) is 18.8. The van der Waals surface area contributed by atoms with Crippen LogP contribution >= 0.6 is 11.8 Å². The highest BCUT2D eigenvalue weighted by Gasteiger charge is 2.33. The van der Waals surface area contributed by atoms with E-state index in [2.05, 4.69) is 16.9 Å². The van der Waals surface area contributed by atoms with Crippen LogP contribution in [0.25, 0.3) is 0 Å². The zero-order valence-corrected chi connectivity index (χ0v) is 12.2. The van der Waals surface area contributed by atoms with Crippen LogP contribution in [0.15, 0.2) is 0 Å². The molecule has 1 rings (SSSR count). The largest absolute Gasteiger partial charge is 0.479 e. The van der Waals surface area contributed by atoms with Crippen molar-refractivity contribution < 1.29 is 19.4 Å². The Morgan fingerprint density at radius 2 is 2.00 bits per heavy atom. The van der Waals surface area contributed by atoms with Gasteiger partial charge in [0.25, 0.3) is 0 Å². The van der Waals surface area contributed by atoms with Crippen LogP contribution in [-0.4, -0.2) is 54.4 Å². The minimum Gasteiger partial charge on any atom is -0.479 e. The summed E-state index contributed by atoms with van der Waals surface area (Å²) in [5.74, 6) is -1.08. The SMILES string of the molecule is COC(CNC(=O)NCC1(SC)CCCC1)C(=O)O. The van der Waals surface area contributed by atoms with Crippen LogP contribution in [0.3, 0.4) is 0 Å². The van der Waals surface area contributed by atoms with Crippen LogP contribution in [0.2, 0.25) is 0 Å². The van der Waals surface area contributed by atoms with Gasteiger partial charge in [-0.3, -0.25) is 0 Å². The lowest BCUT2D eigenvalue weighted by Gasteiger charge is -2.27. The molecule has 0 saturated heterocycles. The van der Waals surface area contributed by atoms with Crippen molar-refractivity contribution >= 4 is 23.8 Å². The number of rotatable bonds is 7. The van der Waals surface area contributed by atoms with E-state index in [4.69, 9.17) is 9.84 Å². The van der Waals surface area contributed by atoms with Crippen molar-refractivity contribution in [3.63, 3.8) is 0 Å². The fraction of sp³-hybridized carbons (Fsp3) is 0.833. The van der Waals surface area contributed by atoms with Crippen molar-refractivity contribution in [3.05, 3.63) is 0 Å². The lowest BCUT2D eigenvalue weighted by molar-refractivity contribution is -0.147. The zero-order chi connectivity index (χ0) is 14.3. The number of amides is 2. The van der Waals surface area contributed by atoms with Crippen LogP contribution in [0.1, 0.15) is 25.7 Å². The van der Waals surface area contributed by atoms with Gasteiger partial charge in [-0.1, -0.05) is 12.8 Å². The van der Waals surface area contributed by atoms with Gasteiger partial charge in [-0.15, -0.1) is 0 Å². The molecule has 0 aliphatic heterocycles. The third kappa shape index (κ3) is 4.91. The first kappa shape index (κ1) is 16.1. The van der Waals surface area contributed by atoms with Gasteiger partial charge in [0.2, 0.25) is 0 Å². The Balaban J connectivity index is 2.29. The number of urea groups is 1. The van der Waals surface area contributed by atoms with Gasteiger partial charge >= 0.3 is 12.0 Å². The summed E-state index contributed by atoms with van der Waals surface area (Å²) in [5.41, 5.74) is 0. The molecule has 0 radical (unpaired) electrons. The van der Waals surface area contributed by atoms with Gasteiger partial charge in [0.15, 0.2) is 6.10 Å². The maximum absolute atomic E-state index is 11.6. The Morgan fingerprint density at radius 1 is 1.37 bits per heavy atom. The second-order valence-electron chi connectivity index (χ2n) is 4.72. The fourth-order valence-corrected chi connectivity index (χ4v) is 3.15. The first-order valence-electron chi connectivity index (χ1n) is 6.35. The number of nitrogens with one attached hydrogen (secondary N) is 2. The van der Waals surface area contributed by atoms with Gasteiger partial charge in [-0.05, 0) is 19.1 Å². The first-order chi connectivity index (χ1) is 9.03. The molecule has 0 heterocycles. The Labute approximate surface area is 117 Å². The monoisotopic (exact) mass is 290 g/mol. The molecule has 1 fully saturated rings. The van der Waals surface area contributed by atoms with E-state index in [1.807, 2.05) is 0 Å². The van der Waals surface area contributed by atoms with Crippen LogP contribution in [0.5, 0.6) is 0 Å². The molecule has 1 saturated carbocycles. The molecule has 0 spiro atoms. The maximum atomic E-state index is 11.6. The number of aliphatic carboxylic acids is 1. The molecule has 7 heteroatoms. The second kappa shape index (κ2) is 7.59. The summed E-state index contributed by atoms with van der Waals surface area (Å²) >= 11 is 1.79. The van der Waals surface area contributed by atoms with Crippen molar-refractivity contribution in [1.82, 2.24) is 10.6 Å². The van der Waals surface area contributed by atoms with Gasteiger partial charge < -0.3 is 20.5 Å². The summed E-state index contributed by atoms with van der Waals surface area (Å²) in [6.07, 6.45) is 5.70. The lowest BCUT2D eigenvalue weighted by atomic mass is 10.1. The fourth-order valence-electron chi connectivity index (χ4n) is 2.23. The molecule has 1 atom stereocenters. The average molecular weight is 290 g/mol. The van der Waals surface area contributed by atoms with Crippen molar-refractivity contribution in [2.24, 2.45) is 0 Å². The Morgan fingerprint density at radius 3 is 2.47 bits per heavy atom. The Kier molecular flexibility index (Phi) is 6.44. The lowest BCUT2D eigenvalue weighted by Crippen LogP contribution is -2.46. The number of carboxylic acid groups (broad SMARTS) is 1. The molecular weight excluding hydrogens is 268 g/mol. The summed E-state index contributed by atoms with van der Waals surface area (Å²) in [6, 6.07) is -0.344. The maximum Gasteiger partial charge on any atom is 0.334 e. The standard InChI is InChI=1S/C12H22N2O4S/c1-18-9(10(15)16)7-13-11(17)14-8-12(19-2)5-3-4-6-12/h9H,3-8H2,1-2H3,(H,15,16)(H2,13,14,17). The van der Waals surface area contributed by atoms with Gasteiger partial charge in [0.1, 0.15) is 0 Å². The Bertz CT molecular complexity index is 319. The molecule has 110 valence electrons. The van der Waals surface area contributed by atoms with Crippen molar-refractivity contribution in [2.45, 2.75) is 36.5 Å². The molecular formula is C12H22N2O4S. The summed E-state index contributed by atoms with van der Waals surface area (Å²) < 4.78 is 4.88. The molecule has 1 aliphatic rings. The first-order valence-corrected chi connectivity index (χ1v) is 7.58. The molecule has 19 heavy (non-hydrogen) atoms. The molecule has 3 N–H and O–H groups in total. The van der Waals surface area contributed by atoms with Crippen LogP contribution in [0.4, 0.5) is 4.79 Å². The number of hydrogen-bond donors (Lipinski definition) is 3. The van der Waals surface area contributed by atoms with Crippen molar-refractivity contribution in [1.29, 1.82) is 0 Å². The number of carboxylic acids is 1. The van der Waals surface area contributed by atoms with E-state index in [1.165, 1.54) is 20.0 Å². The highest BCUT2D eigenvalue weighted by molar-refractivity contribution is 8.00. The van der Waals surface area contributed by atoms with E-state index in [0.29, 0.717) is 6.54 Å². The predicted octanol–water partition coefficient (Wildman–Crippen LogP) is 1.06. The van der Waals surface area contributed by atoms with Crippen molar-refractivity contribution in [2.75, 3.05) is 26.5 Å². The number of ether oxygens (including phenoxy) is 1. The van der Waals surface area contributed by atoms with Crippen LogP contribution in [-0.2, 0) is 9.53 Å². The molecule has 1 unspecified atom stereocenters. The van der Waals surface area contributed by atoms with Gasteiger partial charge in [0.05, 0.1) is 6.54 Å². The highest BCUT2D eigenvalue weighted by atomic mass is 32.2. The zero-order valence-electron chi connectivity index (χ0n) is 11.4. The van der Waals surface area contributed by atoms with Gasteiger partial charge in [-0.2, -0.15) is 11.8 Å². The summed E-state index contributed by atoms with van der Waals surface area (Å²) in [7, 11) is 1.31. The third-order valence-electron chi connectivity index (χ3n) is 3.53. The minimum atomic E-state index is -1.08. The van der Waals surface area contributed by atoms with E-state index in [9.17, 15) is 9.59 Å². The molecule has 6 nitrogen and oxygen atoms in total. The number of carbonyl (C=O) groups is 2. The van der Waals surface area contributed by atoms with Gasteiger partial charge in [0, 0.05) is 18.4 Å².